The summed E-state index contributed by atoms with van der Waals surface area (Å²) in [5, 5.41) is 3.29. The van der Waals surface area contributed by atoms with Crippen molar-refractivity contribution in [1.82, 2.24) is 19.9 Å². The Morgan fingerprint density at radius 3 is 2.49 bits per heavy atom. The number of amides is 1. The second kappa shape index (κ2) is 9.25. The standard InChI is InChI=1S/C26H25F2N5O2/c1-5-33(4)25(35)26(2,3)15-9-10-21(30-14-15)32-20-13-19(22-16(27)7-6-8-17(22)28)31-18-11-12-29-24(34)23(18)20/h6-14H,5H2,1-4H3,(H,29,34)(H,30,31,32). The molecule has 0 atom stereocenters. The van der Waals surface area contributed by atoms with Crippen molar-refractivity contribution in [2.45, 2.75) is 26.2 Å². The molecular formula is C26H25F2N5O2. The highest BCUT2D eigenvalue weighted by Crippen LogP contribution is 2.32. The second-order valence-electron chi connectivity index (χ2n) is 8.72. The van der Waals surface area contributed by atoms with Crippen LogP contribution in [0.1, 0.15) is 26.3 Å². The number of aromatic nitrogens is 3. The van der Waals surface area contributed by atoms with Crippen molar-refractivity contribution >= 4 is 28.3 Å². The van der Waals surface area contributed by atoms with Gasteiger partial charge in [0.15, 0.2) is 0 Å². The van der Waals surface area contributed by atoms with Gasteiger partial charge in [0.2, 0.25) is 5.91 Å². The third-order valence-corrected chi connectivity index (χ3v) is 6.05. The maximum atomic E-state index is 14.5. The van der Waals surface area contributed by atoms with E-state index >= 15 is 0 Å². The number of hydrogen-bond donors (Lipinski definition) is 2. The molecule has 4 aromatic rings. The maximum absolute atomic E-state index is 14.5. The van der Waals surface area contributed by atoms with E-state index in [1.807, 2.05) is 20.8 Å². The predicted molar refractivity (Wildman–Crippen MR) is 132 cm³/mol. The molecule has 2 N–H and O–H groups in total. The number of nitrogens with zero attached hydrogens (tertiary/aromatic N) is 3. The molecule has 4 rings (SSSR count). The van der Waals surface area contributed by atoms with Crippen LogP contribution in [0.5, 0.6) is 0 Å². The molecule has 0 aliphatic carbocycles. The largest absolute Gasteiger partial charge is 0.345 e. The smallest absolute Gasteiger partial charge is 0.259 e. The molecular weight excluding hydrogens is 452 g/mol. The first-order valence-corrected chi connectivity index (χ1v) is 11.1. The zero-order valence-electron chi connectivity index (χ0n) is 19.8. The molecule has 0 radical (unpaired) electrons. The summed E-state index contributed by atoms with van der Waals surface area (Å²) in [5.74, 6) is -1.18. The molecule has 1 aromatic carbocycles. The van der Waals surface area contributed by atoms with Crippen molar-refractivity contribution < 1.29 is 13.6 Å². The highest BCUT2D eigenvalue weighted by atomic mass is 19.1. The van der Waals surface area contributed by atoms with Gasteiger partial charge in [-0.25, -0.2) is 18.7 Å². The average molecular weight is 478 g/mol. The van der Waals surface area contributed by atoms with Crippen LogP contribution in [-0.4, -0.2) is 39.4 Å². The predicted octanol–water partition coefficient (Wildman–Crippen LogP) is 4.76. The van der Waals surface area contributed by atoms with E-state index in [0.29, 0.717) is 12.4 Å². The molecule has 0 bridgehead atoms. The Kier molecular flexibility index (Phi) is 6.34. The van der Waals surface area contributed by atoms with Gasteiger partial charge in [0.05, 0.1) is 33.3 Å². The number of benzene rings is 1. The first-order chi connectivity index (χ1) is 16.6. The van der Waals surface area contributed by atoms with Crippen LogP contribution >= 0.6 is 0 Å². The minimum atomic E-state index is -0.785. The first-order valence-electron chi connectivity index (χ1n) is 11.1. The number of rotatable bonds is 6. The van der Waals surface area contributed by atoms with Gasteiger partial charge in [-0.15, -0.1) is 0 Å². The molecule has 7 nitrogen and oxygen atoms in total. The van der Waals surface area contributed by atoms with Crippen LogP contribution < -0.4 is 10.9 Å². The van der Waals surface area contributed by atoms with E-state index in [0.717, 1.165) is 17.7 Å². The van der Waals surface area contributed by atoms with Gasteiger partial charge in [0, 0.05) is 26.0 Å². The van der Waals surface area contributed by atoms with Crippen molar-refractivity contribution in [3.05, 3.63) is 82.4 Å². The fraction of sp³-hybridized carbons (Fsp3) is 0.231. The number of anilines is 2. The van der Waals surface area contributed by atoms with Gasteiger partial charge < -0.3 is 15.2 Å². The summed E-state index contributed by atoms with van der Waals surface area (Å²) in [4.78, 5) is 38.3. The van der Waals surface area contributed by atoms with E-state index in [9.17, 15) is 18.4 Å². The van der Waals surface area contributed by atoms with Gasteiger partial charge in [-0.1, -0.05) is 12.1 Å². The summed E-state index contributed by atoms with van der Waals surface area (Å²) < 4.78 is 28.9. The van der Waals surface area contributed by atoms with E-state index in [4.69, 9.17) is 0 Å². The minimum absolute atomic E-state index is 0.0344. The molecule has 180 valence electrons. The lowest BCUT2D eigenvalue weighted by Crippen LogP contribution is -2.41. The van der Waals surface area contributed by atoms with Crippen molar-refractivity contribution in [3.63, 3.8) is 0 Å². The van der Waals surface area contributed by atoms with Crippen molar-refractivity contribution in [2.75, 3.05) is 18.9 Å². The minimum Gasteiger partial charge on any atom is -0.345 e. The van der Waals surface area contributed by atoms with Gasteiger partial charge in [-0.2, -0.15) is 0 Å². The number of nitrogens with one attached hydrogen (secondary N) is 2. The highest BCUT2D eigenvalue weighted by Gasteiger charge is 2.32. The average Bonchev–Trinajstić information content (AvgIpc) is 2.83. The molecule has 35 heavy (non-hydrogen) atoms. The lowest BCUT2D eigenvalue weighted by molar-refractivity contribution is -0.134. The van der Waals surface area contributed by atoms with Crippen LogP contribution in [0.3, 0.4) is 0 Å². The zero-order chi connectivity index (χ0) is 25.3. The number of carbonyl (C=O) groups is 1. The molecule has 0 aliphatic rings. The van der Waals surface area contributed by atoms with Crippen LogP contribution in [0.25, 0.3) is 22.2 Å². The lowest BCUT2D eigenvalue weighted by atomic mass is 9.84. The molecule has 3 aromatic heterocycles. The Labute approximate surface area is 200 Å². The summed E-state index contributed by atoms with van der Waals surface area (Å²) in [6, 6.07) is 10.0. The van der Waals surface area contributed by atoms with E-state index in [1.54, 1.807) is 36.3 Å². The molecule has 0 aliphatic heterocycles. The number of aromatic amines is 1. The lowest BCUT2D eigenvalue weighted by Gasteiger charge is -2.29. The number of H-pyrrole nitrogens is 1. The normalized spacial score (nSPS) is 11.5. The number of carbonyl (C=O) groups excluding carboxylic acids is 1. The summed E-state index contributed by atoms with van der Waals surface area (Å²) >= 11 is 0. The monoisotopic (exact) mass is 477 g/mol. The van der Waals surface area contributed by atoms with Gasteiger partial charge >= 0.3 is 0 Å². The first kappa shape index (κ1) is 24.0. The van der Waals surface area contributed by atoms with Gasteiger partial charge in [0.1, 0.15) is 17.5 Å². The topological polar surface area (TPSA) is 91.0 Å². The fourth-order valence-corrected chi connectivity index (χ4v) is 3.88. The zero-order valence-corrected chi connectivity index (χ0v) is 19.8. The van der Waals surface area contributed by atoms with E-state index in [-0.39, 0.29) is 33.8 Å². The summed E-state index contributed by atoms with van der Waals surface area (Å²) in [5.41, 5.74) is -0.178. The summed E-state index contributed by atoms with van der Waals surface area (Å²) in [6.45, 7) is 6.15. The van der Waals surface area contributed by atoms with Gasteiger partial charge in [-0.05, 0) is 56.7 Å². The molecule has 0 fully saturated rings. The Morgan fingerprint density at radius 2 is 1.86 bits per heavy atom. The maximum Gasteiger partial charge on any atom is 0.259 e. The van der Waals surface area contributed by atoms with Crippen molar-refractivity contribution in [1.29, 1.82) is 0 Å². The summed E-state index contributed by atoms with van der Waals surface area (Å²) in [7, 11) is 1.75. The van der Waals surface area contributed by atoms with Crippen LogP contribution in [0, 0.1) is 11.6 Å². The third kappa shape index (κ3) is 4.49. The number of hydrogen-bond acceptors (Lipinski definition) is 5. The van der Waals surface area contributed by atoms with Crippen molar-refractivity contribution in [3.8, 4) is 11.3 Å². The molecule has 9 heteroatoms. The van der Waals surface area contributed by atoms with E-state index < -0.39 is 22.6 Å². The SMILES string of the molecule is CCN(C)C(=O)C(C)(C)c1ccc(Nc2cc(-c3c(F)cccc3F)nc3cc[nH]c(=O)c23)nc1. The number of likely N-dealkylation sites (N-methyl/N-ethyl adjacent to an activating group) is 1. The molecule has 0 unspecified atom stereocenters. The van der Waals surface area contributed by atoms with Crippen LogP contribution in [-0.2, 0) is 10.2 Å². The Bertz CT molecular complexity index is 1450. The number of halogens is 2. The Balaban J connectivity index is 1.77. The molecule has 0 saturated carbocycles. The van der Waals surface area contributed by atoms with Gasteiger partial charge in [-0.3, -0.25) is 9.59 Å². The Hall–Kier alpha value is -4.14. The van der Waals surface area contributed by atoms with Crippen LogP contribution in [0.15, 0.2) is 59.7 Å². The van der Waals surface area contributed by atoms with Gasteiger partial charge in [0.25, 0.3) is 5.56 Å². The third-order valence-electron chi connectivity index (χ3n) is 6.05. The second-order valence-corrected chi connectivity index (χ2v) is 8.72. The van der Waals surface area contributed by atoms with Crippen molar-refractivity contribution in [2.24, 2.45) is 0 Å². The van der Waals surface area contributed by atoms with E-state index in [1.165, 1.54) is 18.3 Å². The summed E-state index contributed by atoms with van der Waals surface area (Å²) in [6.07, 6.45) is 3.01. The van der Waals surface area contributed by atoms with E-state index in [2.05, 4.69) is 20.3 Å². The molecule has 0 spiro atoms. The number of fused-ring (bicyclic) bond motifs is 1. The van der Waals surface area contributed by atoms with Crippen LogP contribution in [0.4, 0.5) is 20.3 Å². The Morgan fingerprint density at radius 1 is 1.14 bits per heavy atom. The molecule has 1 amide bonds. The molecule has 0 saturated heterocycles. The molecule has 3 heterocycles. The highest BCUT2D eigenvalue weighted by molar-refractivity contribution is 5.94. The number of pyridine rings is 3. The van der Waals surface area contributed by atoms with Crippen LogP contribution in [0.2, 0.25) is 0 Å². The fourth-order valence-electron chi connectivity index (χ4n) is 3.88. The quantitative estimate of drug-likeness (QED) is 0.418.